The highest BCUT2D eigenvalue weighted by molar-refractivity contribution is 6.34. The van der Waals surface area contributed by atoms with E-state index in [9.17, 15) is 22.8 Å². The van der Waals surface area contributed by atoms with Crippen LogP contribution >= 0.6 is 11.6 Å². The van der Waals surface area contributed by atoms with Crippen LogP contribution in [0.15, 0.2) is 18.2 Å². The Hall–Kier alpha value is -2.68. The molecule has 0 unspecified atom stereocenters. The Balaban J connectivity index is 2.45. The molecule has 1 aromatic carbocycles. The Morgan fingerprint density at radius 1 is 1.11 bits per heavy atom. The fourth-order valence-electron chi connectivity index (χ4n) is 2.15. The first-order valence-electron chi connectivity index (χ1n) is 8.14. The highest BCUT2D eigenvalue weighted by Crippen LogP contribution is 2.34. The summed E-state index contributed by atoms with van der Waals surface area (Å²) < 4.78 is 43.8. The lowest BCUT2D eigenvalue weighted by molar-refractivity contribution is -0.137. The molecule has 1 N–H and O–H groups in total. The minimum Gasteiger partial charge on any atom is -0.458 e. The predicted octanol–water partition coefficient (Wildman–Crippen LogP) is 4.58. The molecule has 0 atom stereocenters. The topological polar surface area (TPSA) is 81.2 Å². The molecule has 0 fully saturated rings. The summed E-state index contributed by atoms with van der Waals surface area (Å²) in [5.41, 5.74) is -1.19. The van der Waals surface area contributed by atoms with Crippen molar-refractivity contribution in [3.8, 4) is 0 Å². The summed E-state index contributed by atoms with van der Waals surface area (Å²) >= 11 is 5.90. The fraction of sp³-hybridized carbons (Fsp3) is 0.333. The van der Waals surface area contributed by atoms with Crippen molar-refractivity contribution in [3.63, 3.8) is 0 Å². The second-order valence-corrected chi connectivity index (χ2v) is 6.60. The summed E-state index contributed by atoms with van der Waals surface area (Å²) in [4.78, 5) is 33.0. The zero-order valence-electron chi connectivity index (χ0n) is 15.4. The first-order chi connectivity index (χ1) is 12.9. The number of nitrogens with one attached hydrogen (secondary N) is 1. The molecule has 0 spiro atoms. The summed E-state index contributed by atoms with van der Waals surface area (Å²) in [5.74, 6) is -1.81. The summed E-state index contributed by atoms with van der Waals surface area (Å²) in [6, 6.07) is 2.50. The Morgan fingerprint density at radius 3 is 2.21 bits per heavy atom. The number of anilines is 1. The lowest BCUT2D eigenvalue weighted by Gasteiger charge is -2.14. The van der Waals surface area contributed by atoms with Crippen molar-refractivity contribution >= 4 is 29.2 Å². The minimum atomic E-state index is -4.61. The number of esters is 1. The molecule has 0 aliphatic heterocycles. The second kappa shape index (κ2) is 8.14. The second-order valence-electron chi connectivity index (χ2n) is 6.19. The van der Waals surface area contributed by atoms with Crippen molar-refractivity contribution in [1.29, 1.82) is 0 Å². The van der Waals surface area contributed by atoms with E-state index in [1.165, 1.54) is 0 Å². The Labute approximate surface area is 164 Å². The van der Waals surface area contributed by atoms with Crippen LogP contribution in [0.5, 0.6) is 0 Å². The van der Waals surface area contributed by atoms with Gasteiger partial charge in [0.1, 0.15) is 0 Å². The number of benzene rings is 1. The summed E-state index contributed by atoms with van der Waals surface area (Å²) in [5, 5.41) is 2.15. The predicted molar refractivity (Wildman–Crippen MR) is 96.5 cm³/mol. The summed E-state index contributed by atoms with van der Waals surface area (Å²) in [7, 11) is 0. The van der Waals surface area contributed by atoms with E-state index in [1.54, 1.807) is 27.7 Å². The number of carbonyl (C=O) groups excluding carboxylic acids is 2. The standard InChI is InChI=1S/C18H17ClF3N3O3/c1-8(2)28-17(27)15-14(23-9(3)10(4)24-15)16(26)25-13-7-11(18(20,21)22)5-6-12(13)19/h5-8H,1-4H3,(H,25,26). The third-order valence-electron chi connectivity index (χ3n) is 3.60. The van der Waals surface area contributed by atoms with Gasteiger partial charge in [0.2, 0.25) is 0 Å². The molecule has 0 aliphatic rings. The number of aryl methyl sites for hydroxylation is 2. The van der Waals surface area contributed by atoms with Crippen molar-refractivity contribution in [2.24, 2.45) is 0 Å². The van der Waals surface area contributed by atoms with Gasteiger partial charge < -0.3 is 10.1 Å². The minimum absolute atomic E-state index is 0.107. The van der Waals surface area contributed by atoms with Gasteiger partial charge in [-0.25, -0.2) is 14.8 Å². The number of rotatable bonds is 4. The maximum Gasteiger partial charge on any atom is 0.416 e. The molecule has 10 heteroatoms. The number of ether oxygens (including phenoxy) is 1. The molecule has 28 heavy (non-hydrogen) atoms. The molecule has 1 amide bonds. The molecule has 6 nitrogen and oxygen atoms in total. The van der Waals surface area contributed by atoms with Crippen LogP contribution in [-0.4, -0.2) is 27.9 Å². The van der Waals surface area contributed by atoms with Gasteiger partial charge in [-0.3, -0.25) is 4.79 Å². The Morgan fingerprint density at radius 2 is 1.68 bits per heavy atom. The van der Waals surface area contributed by atoms with Gasteiger partial charge in [0.05, 0.1) is 33.8 Å². The third kappa shape index (κ3) is 4.98. The molecule has 0 saturated heterocycles. The Kier molecular flexibility index (Phi) is 6.28. The van der Waals surface area contributed by atoms with Crippen LogP contribution in [0.2, 0.25) is 5.02 Å². The van der Waals surface area contributed by atoms with Crippen molar-refractivity contribution in [2.75, 3.05) is 5.32 Å². The van der Waals surface area contributed by atoms with E-state index in [-0.39, 0.29) is 22.1 Å². The average molecular weight is 416 g/mol. The quantitative estimate of drug-likeness (QED) is 0.739. The van der Waals surface area contributed by atoms with E-state index in [1.807, 2.05) is 0 Å². The molecule has 2 aromatic rings. The van der Waals surface area contributed by atoms with Gasteiger partial charge in [-0.15, -0.1) is 0 Å². The Bertz CT molecular complexity index is 930. The van der Waals surface area contributed by atoms with Crippen LogP contribution in [0, 0.1) is 13.8 Å². The maximum atomic E-state index is 12.9. The highest BCUT2D eigenvalue weighted by atomic mass is 35.5. The molecule has 150 valence electrons. The van der Waals surface area contributed by atoms with Crippen molar-refractivity contribution < 1.29 is 27.5 Å². The largest absolute Gasteiger partial charge is 0.458 e. The van der Waals surface area contributed by atoms with Gasteiger partial charge in [0.15, 0.2) is 11.4 Å². The van der Waals surface area contributed by atoms with Crippen LogP contribution in [0.3, 0.4) is 0 Å². The van der Waals surface area contributed by atoms with Crippen LogP contribution in [0.4, 0.5) is 18.9 Å². The zero-order chi connectivity index (χ0) is 21.2. The molecule has 1 heterocycles. The third-order valence-corrected chi connectivity index (χ3v) is 3.93. The first kappa shape index (κ1) is 21.6. The van der Waals surface area contributed by atoms with Crippen molar-refractivity contribution in [3.05, 3.63) is 51.6 Å². The summed E-state index contributed by atoms with van der Waals surface area (Å²) in [6.07, 6.45) is -5.08. The normalized spacial score (nSPS) is 11.5. The average Bonchev–Trinajstić information content (AvgIpc) is 2.57. The molecule has 0 radical (unpaired) electrons. The number of hydrogen-bond donors (Lipinski definition) is 1. The number of nitrogens with zero attached hydrogens (tertiary/aromatic N) is 2. The monoisotopic (exact) mass is 415 g/mol. The molecular weight excluding hydrogens is 399 g/mol. The van der Waals surface area contributed by atoms with E-state index in [4.69, 9.17) is 16.3 Å². The van der Waals surface area contributed by atoms with Crippen LogP contribution in [-0.2, 0) is 10.9 Å². The van der Waals surface area contributed by atoms with E-state index in [0.29, 0.717) is 17.5 Å². The van der Waals surface area contributed by atoms with Crippen LogP contribution < -0.4 is 5.32 Å². The molecular formula is C18H17ClF3N3O3. The number of aromatic nitrogens is 2. The zero-order valence-corrected chi connectivity index (χ0v) is 16.2. The van der Waals surface area contributed by atoms with E-state index in [2.05, 4.69) is 15.3 Å². The van der Waals surface area contributed by atoms with E-state index < -0.39 is 29.7 Å². The van der Waals surface area contributed by atoms with E-state index >= 15 is 0 Å². The van der Waals surface area contributed by atoms with Gasteiger partial charge in [0, 0.05) is 0 Å². The van der Waals surface area contributed by atoms with Gasteiger partial charge in [-0.1, -0.05) is 11.6 Å². The molecule has 0 saturated carbocycles. The van der Waals surface area contributed by atoms with Gasteiger partial charge >= 0.3 is 12.1 Å². The van der Waals surface area contributed by atoms with Gasteiger partial charge in [0.25, 0.3) is 5.91 Å². The van der Waals surface area contributed by atoms with E-state index in [0.717, 1.165) is 12.1 Å². The smallest absolute Gasteiger partial charge is 0.416 e. The van der Waals surface area contributed by atoms with Crippen LogP contribution in [0.25, 0.3) is 0 Å². The fourth-order valence-corrected chi connectivity index (χ4v) is 2.32. The van der Waals surface area contributed by atoms with Gasteiger partial charge in [-0.05, 0) is 45.9 Å². The van der Waals surface area contributed by atoms with Crippen LogP contribution in [0.1, 0.15) is 51.8 Å². The lowest BCUT2D eigenvalue weighted by Crippen LogP contribution is -2.24. The van der Waals surface area contributed by atoms with Crippen molar-refractivity contribution in [2.45, 2.75) is 40.0 Å². The number of amides is 1. The maximum absolute atomic E-state index is 12.9. The lowest BCUT2D eigenvalue weighted by atomic mass is 10.2. The number of carbonyl (C=O) groups is 2. The number of hydrogen-bond acceptors (Lipinski definition) is 5. The number of alkyl halides is 3. The molecule has 1 aromatic heterocycles. The molecule has 2 rings (SSSR count). The van der Waals surface area contributed by atoms with Gasteiger partial charge in [-0.2, -0.15) is 13.2 Å². The molecule has 0 aliphatic carbocycles. The summed E-state index contributed by atoms with van der Waals surface area (Å²) in [6.45, 7) is 6.41. The van der Waals surface area contributed by atoms with Crippen molar-refractivity contribution in [1.82, 2.24) is 9.97 Å². The number of halogens is 4. The molecule has 0 bridgehead atoms. The SMILES string of the molecule is Cc1nc(C(=O)Nc2cc(C(F)(F)F)ccc2Cl)c(C(=O)OC(C)C)nc1C. The first-order valence-corrected chi connectivity index (χ1v) is 8.52. The highest BCUT2D eigenvalue weighted by Gasteiger charge is 2.31.